The average Bonchev–Trinajstić information content (AvgIpc) is 2.40. The maximum Gasteiger partial charge on any atom is 0.0682 e. The molecular formula is C14H22N2O. The molecule has 0 spiro atoms. The fourth-order valence-corrected chi connectivity index (χ4v) is 2.39. The molecule has 0 amide bonds. The standard InChI is InChI=1S/C14H22N2O/c1-2-16-8-6-13(7-9-16)15-14-5-3-4-12(10-14)11-17/h3-5,10,13,15,17H,2,6-9,11H2,1H3. The lowest BCUT2D eigenvalue weighted by Crippen LogP contribution is -2.38. The molecule has 3 nitrogen and oxygen atoms in total. The quantitative estimate of drug-likeness (QED) is 0.837. The van der Waals surface area contributed by atoms with Crippen LogP contribution in [-0.4, -0.2) is 35.7 Å². The van der Waals surface area contributed by atoms with Crippen LogP contribution in [0, 0.1) is 0 Å². The third-order valence-electron chi connectivity index (χ3n) is 3.52. The molecule has 0 aromatic heterocycles. The van der Waals surface area contributed by atoms with Crippen molar-refractivity contribution in [1.29, 1.82) is 0 Å². The maximum absolute atomic E-state index is 9.10. The van der Waals surface area contributed by atoms with E-state index in [0.717, 1.165) is 17.8 Å². The molecule has 0 radical (unpaired) electrons. The zero-order valence-electron chi connectivity index (χ0n) is 10.5. The van der Waals surface area contributed by atoms with Crippen molar-refractivity contribution in [3.05, 3.63) is 29.8 Å². The van der Waals surface area contributed by atoms with Gasteiger partial charge in [0.05, 0.1) is 6.61 Å². The van der Waals surface area contributed by atoms with E-state index in [-0.39, 0.29) is 6.61 Å². The van der Waals surface area contributed by atoms with Gasteiger partial charge in [0.1, 0.15) is 0 Å². The molecule has 0 atom stereocenters. The van der Waals surface area contributed by atoms with Crippen molar-refractivity contribution in [2.24, 2.45) is 0 Å². The molecule has 1 aromatic carbocycles. The molecular weight excluding hydrogens is 212 g/mol. The fourth-order valence-electron chi connectivity index (χ4n) is 2.39. The lowest BCUT2D eigenvalue weighted by Gasteiger charge is -2.32. The number of benzene rings is 1. The van der Waals surface area contributed by atoms with Gasteiger partial charge in [0, 0.05) is 24.8 Å². The molecule has 2 N–H and O–H groups in total. The number of hydrogen-bond acceptors (Lipinski definition) is 3. The van der Waals surface area contributed by atoms with Crippen LogP contribution in [0.5, 0.6) is 0 Å². The number of rotatable bonds is 4. The monoisotopic (exact) mass is 234 g/mol. The van der Waals surface area contributed by atoms with Gasteiger partial charge >= 0.3 is 0 Å². The maximum atomic E-state index is 9.10. The van der Waals surface area contributed by atoms with Crippen LogP contribution < -0.4 is 5.32 Å². The molecule has 0 aliphatic carbocycles. The van der Waals surface area contributed by atoms with Crippen molar-refractivity contribution >= 4 is 5.69 Å². The minimum absolute atomic E-state index is 0.115. The normalized spacial score (nSPS) is 18.2. The Kier molecular flexibility index (Phi) is 4.40. The van der Waals surface area contributed by atoms with Gasteiger partial charge in [-0.3, -0.25) is 0 Å². The molecule has 1 fully saturated rings. The van der Waals surface area contributed by atoms with Gasteiger partial charge in [-0.2, -0.15) is 0 Å². The zero-order chi connectivity index (χ0) is 12.1. The summed E-state index contributed by atoms with van der Waals surface area (Å²) in [7, 11) is 0. The lowest BCUT2D eigenvalue weighted by molar-refractivity contribution is 0.229. The number of anilines is 1. The van der Waals surface area contributed by atoms with Crippen LogP contribution in [0.4, 0.5) is 5.69 Å². The van der Waals surface area contributed by atoms with Crippen LogP contribution in [0.2, 0.25) is 0 Å². The van der Waals surface area contributed by atoms with Gasteiger partial charge in [-0.1, -0.05) is 19.1 Å². The molecule has 3 heteroatoms. The molecule has 1 saturated heterocycles. The molecule has 1 aliphatic rings. The summed E-state index contributed by atoms with van der Waals surface area (Å²) in [5.74, 6) is 0. The summed E-state index contributed by atoms with van der Waals surface area (Å²) in [6.45, 7) is 5.87. The summed E-state index contributed by atoms with van der Waals surface area (Å²) in [5.41, 5.74) is 2.10. The number of piperidine rings is 1. The average molecular weight is 234 g/mol. The van der Waals surface area contributed by atoms with E-state index in [0.29, 0.717) is 6.04 Å². The van der Waals surface area contributed by atoms with E-state index in [9.17, 15) is 0 Å². The minimum Gasteiger partial charge on any atom is -0.392 e. The van der Waals surface area contributed by atoms with Crippen molar-refractivity contribution in [1.82, 2.24) is 4.90 Å². The van der Waals surface area contributed by atoms with Crippen molar-refractivity contribution < 1.29 is 5.11 Å². The summed E-state index contributed by atoms with van der Waals surface area (Å²) < 4.78 is 0. The van der Waals surface area contributed by atoms with Crippen LogP contribution in [0.1, 0.15) is 25.3 Å². The number of likely N-dealkylation sites (tertiary alicyclic amines) is 1. The highest BCUT2D eigenvalue weighted by Gasteiger charge is 2.17. The van der Waals surface area contributed by atoms with E-state index in [2.05, 4.69) is 23.2 Å². The number of aliphatic hydroxyl groups excluding tert-OH is 1. The van der Waals surface area contributed by atoms with E-state index in [1.165, 1.54) is 25.9 Å². The van der Waals surface area contributed by atoms with Gasteiger partial charge in [0.25, 0.3) is 0 Å². The van der Waals surface area contributed by atoms with Gasteiger partial charge in [0.15, 0.2) is 0 Å². The SMILES string of the molecule is CCN1CCC(Nc2cccc(CO)c2)CC1. The first-order chi connectivity index (χ1) is 8.31. The van der Waals surface area contributed by atoms with E-state index < -0.39 is 0 Å². The van der Waals surface area contributed by atoms with Gasteiger partial charge in [-0.15, -0.1) is 0 Å². The van der Waals surface area contributed by atoms with E-state index in [1.807, 2.05) is 18.2 Å². The Morgan fingerprint density at radius 1 is 1.35 bits per heavy atom. The molecule has 1 aromatic rings. The first-order valence-electron chi connectivity index (χ1n) is 6.50. The summed E-state index contributed by atoms with van der Waals surface area (Å²) in [4.78, 5) is 2.49. The predicted molar refractivity (Wildman–Crippen MR) is 71.1 cm³/mol. The highest BCUT2D eigenvalue weighted by Crippen LogP contribution is 2.17. The Balaban J connectivity index is 1.88. The smallest absolute Gasteiger partial charge is 0.0682 e. The van der Waals surface area contributed by atoms with Gasteiger partial charge in [-0.05, 0) is 37.1 Å². The summed E-state index contributed by atoms with van der Waals surface area (Å²) in [6.07, 6.45) is 2.41. The molecule has 1 aliphatic heterocycles. The largest absolute Gasteiger partial charge is 0.392 e. The Morgan fingerprint density at radius 2 is 2.12 bits per heavy atom. The van der Waals surface area contributed by atoms with E-state index in [4.69, 9.17) is 5.11 Å². The topological polar surface area (TPSA) is 35.5 Å². The highest BCUT2D eigenvalue weighted by molar-refractivity contribution is 5.46. The molecule has 0 bridgehead atoms. The van der Waals surface area contributed by atoms with Crippen LogP contribution in [-0.2, 0) is 6.61 Å². The zero-order valence-corrected chi connectivity index (χ0v) is 10.5. The molecule has 0 saturated carbocycles. The van der Waals surface area contributed by atoms with E-state index >= 15 is 0 Å². The summed E-state index contributed by atoms with van der Waals surface area (Å²) >= 11 is 0. The van der Waals surface area contributed by atoms with Crippen LogP contribution in [0.25, 0.3) is 0 Å². The Hall–Kier alpha value is -1.06. The second-order valence-electron chi connectivity index (χ2n) is 4.71. The van der Waals surface area contributed by atoms with Crippen molar-refractivity contribution in [3.8, 4) is 0 Å². The minimum atomic E-state index is 0.115. The van der Waals surface area contributed by atoms with Crippen molar-refractivity contribution in [2.45, 2.75) is 32.4 Å². The molecule has 0 unspecified atom stereocenters. The number of hydrogen-bond donors (Lipinski definition) is 2. The first kappa shape index (κ1) is 12.4. The molecule has 17 heavy (non-hydrogen) atoms. The second kappa shape index (κ2) is 6.03. The molecule has 1 heterocycles. The summed E-state index contributed by atoms with van der Waals surface area (Å²) in [6, 6.07) is 8.63. The van der Waals surface area contributed by atoms with Gasteiger partial charge < -0.3 is 15.3 Å². The van der Waals surface area contributed by atoms with Crippen LogP contribution in [0.3, 0.4) is 0 Å². The fraction of sp³-hybridized carbons (Fsp3) is 0.571. The van der Waals surface area contributed by atoms with Gasteiger partial charge in [0.2, 0.25) is 0 Å². The van der Waals surface area contributed by atoms with Crippen molar-refractivity contribution in [3.63, 3.8) is 0 Å². The molecule has 2 rings (SSSR count). The third-order valence-corrected chi connectivity index (χ3v) is 3.52. The first-order valence-corrected chi connectivity index (χ1v) is 6.50. The highest BCUT2D eigenvalue weighted by atomic mass is 16.3. The predicted octanol–water partition coefficient (Wildman–Crippen LogP) is 2.08. The van der Waals surface area contributed by atoms with Crippen molar-refractivity contribution in [2.75, 3.05) is 25.0 Å². The number of nitrogens with zero attached hydrogens (tertiary/aromatic N) is 1. The summed E-state index contributed by atoms with van der Waals surface area (Å²) in [5, 5.41) is 12.7. The van der Waals surface area contributed by atoms with Gasteiger partial charge in [-0.25, -0.2) is 0 Å². The Labute approximate surface area is 103 Å². The Bertz CT molecular complexity index is 346. The third kappa shape index (κ3) is 3.45. The molecule has 94 valence electrons. The lowest BCUT2D eigenvalue weighted by atomic mass is 10.0. The van der Waals surface area contributed by atoms with Crippen LogP contribution >= 0.6 is 0 Å². The van der Waals surface area contributed by atoms with Crippen LogP contribution in [0.15, 0.2) is 24.3 Å². The second-order valence-corrected chi connectivity index (χ2v) is 4.71. The number of aliphatic hydroxyl groups is 1. The Morgan fingerprint density at radius 3 is 2.76 bits per heavy atom. The number of nitrogens with one attached hydrogen (secondary N) is 1. The van der Waals surface area contributed by atoms with E-state index in [1.54, 1.807) is 0 Å².